The number of rotatable bonds is 5. The summed E-state index contributed by atoms with van der Waals surface area (Å²) in [6.45, 7) is 1.91. The molecule has 0 radical (unpaired) electrons. The number of carboxylic acid groups (broad SMARTS) is 1. The minimum Gasteiger partial charge on any atom is -0.506 e. The summed E-state index contributed by atoms with van der Waals surface area (Å²) in [5.74, 6) is -2.12. The Balaban J connectivity index is 2.29. The Morgan fingerprint density at radius 3 is 2.38 bits per heavy atom. The first-order valence-electron chi connectivity index (χ1n) is 6.38. The van der Waals surface area contributed by atoms with E-state index in [2.05, 4.69) is 31.9 Å². The molecule has 0 amide bonds. The van der Waals surface area contributed by atoms with Gasteiger partial charge in [0.05, 0.1) is 26.9 Å². The average molecular weight is 422 g/mol. The molecular weight excluding hydrogens is 408 g/mol. The van der Waals surface area contributed by atoms with Gasteiger partial charge in [0.25, 0.3) is 0 Å². The smallest absolute Gasteiger partial charge is 0.313 e. The number of aromatic hydroxyl groups is 1. The molecule has 0 bridgehead atoms. The van der Waals surface area contributed by atoms with Gasteiger partial charge in [-0.25, -0.2) is 0 Å². The Morgan fingerprint density at radius 1 is 1.38 bits per heavy atom. The van der Waals surface area contributed by atoms with Gasteiger partial charge < -0.3 is 14.9 Å². The highest BCUT2D eigenvalue weighted by atomic mass is 79.9. The second-order valence-electron chi connectivity index (χ2n) is 5.06. The lowest BCUT2D eigenvalue weighted by molar-refractivity contribution is -0.153. The van der Waals surface area contributed by atoms with E-state index in [4.69, 9.17) is 4.74 Å². The van der Waals surface area contributed by atoms with Crippen molar-refractivity contribution in [2.45, 2.75) is 19.8 Å². The van der Waals surface area contributed by atoms with E-state index in [1.807, 2.05) is 0 Å². The SMILES string of the molecule is CCOC(=O)[C@@]1(Cc2cc(Br)c(O)c(Br)c2)CC1C(=O)O. The van der Waals surface area contributed by atoms with Gasteiger partial charge in [0.2, 0.25) is 0 Å². The summed E-state index contributed by atoms with van der Waals surface area (Å²) in [6.07, 6.45) is 0.539. The van der Waals surface area contributed by atoms with E-state index in [0.29, 0.717) is 8.95 Å². The zero-order chi connectivity index (χ0) is 15.8. The predicted octanol–water partition coefficient (Wildman–Crippen LogP) is 3.11. The fourth-order valence-corrected chi connectivity index (χ4v) is 3.76. The molecule has 1 aromatic carbocycles. The van der Waals surface area contributed by atoms with Crippen molar-refractivity contribution in [3.8, 4) is 5.75 Å². The first-order valence-corrected chi connectivity index (χ1v) is 7.97. The molecule has 5 nitrogen and oxygen atoms in total. The molecule has 0 spiro atoms. The average Bonchev–Trinajstić information content (AvgIpc) is 3.12. The van der Waals surface area contributed by atoms with Gasteiger partial charge in [0.1, 0.15) is 5.75 Å². The highest BCUT2D eigenvalue weighted by Crippen LogP contribution is 2.56. The number of phenolic OH excluding ortho intramolecular Hbond substituents is 1. The predicted molar refractivity (Wildman–Crippen MR) is 82.0 cm³/mol. The largest absolute Gasteiger partial charge is 0.506 e. The zero-order valence-electron chi connectivity index (χ0n) is 11.2. The number of halogens is 2. The van der Waals surface area contributed by atoms with Crippen LogP contribution in [0.25, 0.3) is 0 Å². The molecule has 0 aliphatic heterocycles. The molecule has 1 aliphatic rings. The number of ether oxygens (including phenoxy) is 1. The molecule has 21 heavy (non-hydrogen) atoms. The van der Waals surface area contributed by atoms with Crippen LogP contribution in [-0.2, 0) is 20.7 Å². The summed E-state index contributed by atoms with van der Waals surface area (Å²) < 4.78 is 6.00. The Bertz CT molecular complexity index is 578. The lowest BCUT2D eigenvalue weighted by atomic mass is 9.93. The van der Waals surface area contributed by atoms with Crippen LogP contribution in [0, 0.1) is 11.3 Å². The molecule has 1 aliphatic carbocycles. The first kappa shape index (κ1) is 16.3. The quantitative estimate of drug-likeness (QED) is 0.713. The van der Waals surface area contributed by atoms with Crippen molar-refractivity contribution in [3.63, 3.8) is 0 Å². The Kier molecular flexibility index (Phi) is 4.63. The number of phenols is 1. The summed E-state index contributed by atoms with van der Waals surface area (Å²) in [7, 11) is 0. The van der Waals surface area contributed by atoms with Crippen LogP contribution in [0.4, 0.5) is 0 Å². The van der Waals surface area contributed by atoms with Crippen LogP contribution in [0.1, 0.15) is 18.9 Å². The van der Waals surface area contributed by atoms with E-state index in [-0.39, 0.29) is 25.2 Å². The first-order chi connectivity index (χ1) is 9.81. The molecule has 7 heteroatoms. The van der Waals surface area contributed by atoms with Crippen molar-refractivity contribution < 1.29 is 24.5 Å². The van der Waals surface area contributed by atoms with Crippen LogP contribution < -0.4 is 0 Å². The molecule has 114 valence electrons. The maximum absolute atomic E-state index is 12.1. The molecule has 1 aromatic rings. The van der Waals surface area contributed by atoms with E-state index < -0.39 is 23.3 Å². The number of aliphatic carboxylic acids is 1. The Morgan fingerprint density at radius 2 is 1.95 bits per heavy atom. The summed E-state index contributed by atoms with van der Waals surface area (Å²) in [5.41, 5.74) is -0.249. The maximum atomic E-state index is 12.1. The minimum atomic E-state index is -1.00. The minimum absolute atomic E-state index is 0.0644. The van der Waals surface area contributed by atoms with Gasteiger partial charge in [-0.1, -0.05) is 0 Å². The van der Waals surface area contributed by atoms with Gasteiger partial charge in [-0.3, -0.25) is 9.59 Å². The molecular formula is C14H14Br2O5. The van der Waals surface area contributed by atoms with Crippen LogP contribution in [0.2, 0.25) is 0 Å². The Hall–Kier alpha value is -1.08. The van der Waals surface area contributed by atoms with Gasteiger partial charge >= 0.3 is 11.9 Å². The molecule has 0 saturated heterocycles. The number of hydrogen-bond acceptors (Lipinski definition) is 4. The monoisotopic (exact) mass is 420 g/mol. The summed E-state index contributed by atoms with van der Waals surface area (Å²) >= 11 is 6.45. The lowest BCUT2D eigenvalue weighted by Crippen LogP contribution is -2.26. The van der Waals surface area contributed by atoms with Crippen LogP contribution in [-0.4, -0.2) is 28.8 Å². The number of carboxylic acids is 1. The van der Waals surface area contributed by atoms with E-state index >= 15 is 0 Å². The molecule has 1 saturated carbocycles. The lowest BCUT2D eigenvalue weighted by Gasteiger charge is -2.16. The van der Waals surface area contributed by atoms with Gasteiger partial charge in [0.15, 0.2) is 0 Å². The van der Waals surface area contributed by atoms with Crippen LogP contribution in [0.5, 0.6) is 5.75 Å². The number of carbonyl (C=O) groups excluding carboxylic acids is 1. The topological polar surface area (TPSA) is 83.8 Å². The maximum Gasteiger partial charge on any atom is 0.313 e. The standard InChI is InChI=1S/C14H14Br2O5/c1-2-21-13(20)14(6-8(14)12(18)19)5-7-3-9(15)11(17)10(16)4-7/h3-4,8,17H,2,5-6H2,1H3,(H,18,19)/t8?,14-/m0/s1. The third-order valence-electron chi connectivity index (χ3n) is 3.65. The van der Waals surface area contributed by atoms with Crippen LogP contribution in [0.3, 0.4) is 0 Å². The van der Waals surface area contributed by atoms with Gasteiger partial charge in [-0.05, 0) is 69.3 Å². The molecule has 2 N–H and O–H groups in total. The van der Waals surface area contributed by atoms with Crippen LogP contribution in [0.15, 0.2) is 21.1 Å². The molecule has 1 fully saturated rings. The number of benzene rings is 1. The van der Waals surface area contributed by atoms with Gasteiger partial charge in [-0.15, -0.1) is 0 Å². The summed E-state index contributed by atoms with van der Waals surface area (Å²) in [4.78, 5) is 23.3. The van der Waals surface area contributed by atoms with Crippen molar-refractivity contribution in [1.82, 2.24) is 0 Å². The summed E-state index contributed by atoms with van der Waals surface area (Å²) in [5, 5.41) is 18.9. The number of carbonyl (C=O) groups is 2. The third kappa shape index (κ3) is 3.08. The van der Waals surface area contributed by atoms with Crippen LogP contribution >= 0.6 is 31.9 Å². The van der Waals surface area contributed by atoms with E-state index in [1.165, 1.54) is 0 Å². The molecule has 0 aromatic heterocycles. The normalized spacial score (nSPS) is 23.7. The molecule has 2 rings (SSSR count). The second kappa shape index (κ2) is 5.96. The van der Waals surface area contributed by atoms with Gasteiger partial charge in [0, 0.05) is 0 Å². The third-order valence-corrected chi connectivity index (χ3v) is 4.86. The van der Waals surface area contributed by atoms with E-state index in [9.17, 15) is 19.8 Å². The van der Waals surface area contributed by atoms with E-state index in [0.717, 1.165) is 5.56 Å². The fraction of sp³-hybridized carbons (Fsp3) is 0.429. The van der Waals surface area contributed by atoms with Gasteiger partial charge in [-0.2, -0.15) is 0 Å². The van der Waals surface area contributed by atoms with Crippen molar-refractivity contribution in [2.75, 3.05) is 6.61 Å². The zero-order valence-corrected chi connectivity index (χ0v) is 14.4. The highest BCUT2D eigenvalue weighted by molar-refractivity contribution is 9.11. The van der Waals surface area contributed by atoms with Crippen molar-refractivity contribution in [3.05, 3.63) is 26.6 Å². The van der Waals surface area contributed by atoms with Crippen molar-refractivity contribution >= 4 is 43.8 Å². The summed E-state index contributed by atoms with van der Waals surface area (Å²) in [6, 6.07) is 3.36. The Labute approximate surface area is 138 Å². The molecule has 2 atom stereocenters. The fourth-order valence-electron chi connectivity index (χ4n) is 2.48. The van der Waals surface area contributed by atoms with E-state index in [1.54, 1.807) is 19.1 Å². The molecule has 0 heterocycles. The second-order valence-corrected chi connectivity index (χ2v) is 6.77. The highest BCUT2D eigenvalue weighted by Gasteiger charge is 2.64. The van der Waals surface area contributed by atoms with Crippen molar-refractivity contribution in [2.24, 2.45) is 11.3 Å². The van der Waals surface area contributed by atoms with Crippen molar-refractivity contribution in [1.29, 1.82) is 0 Å². The number of hydrogen-bond donors (Lipinski definition) is 2. The molecule has 1 unspecified atom stereocenters. The number of esters is 1.